The average Bonchev–Trinajstić information content (AvgIpc) is 2.93. The van der Waals surface area contributed by atoms with Crippen molar-refractivity contribution in [2.24, 2.45) is 0 Å². The highest BCUT2D eigenvalue weighted by Gasteiger charge is 2.37. The van der Waals surface area contributed by atoms with E-state index in [0.29, 0.717) is 0 Å². The molecular weight excluding hydrogens is 374 g/mol. The van der Waals surface area contributed by atoms with E-state index in [1.165, 1.54) is 18.5 Å². The van der Waals surface area contributed by atoms with Crippen LogP contribution in [0.5, 0.6) is 0 Å². The van der Waals surface area contributed by atoms with Crippen molar-refractivity contribution in [1.29, 1.82) is 0 Å². The molecule has 0 bridgehead atoms. The number of rotatable bonds is 2. The lowest BCUT2D eigenvalue weighted by molar-refractivity contribution is -0.137. The summed E-state index contributed by atoms with van der Waals surface area (Å²) in [6, 6.07) is 2.47. The maximum atomic E-state index is 14.1. The zero-order valence-corrected chi connectivity index (χ0v) is 13.0. The zero-order valence-electron chi connectivity index (χ0n) is 11.4. The summed E-state index contributed by atoms with van der Waals surface area (Å²) in [6.45, 7) is 0. The van der Waals surface area contributed by atoms with Gasteiger partial charge in [-0.05, 0) is 18.2 Å². The summed E-state index contributed by atoms with van der Waals surface area (Å²) in [4.78, 5) is 9.66. The molecule has 0 amide bonds. The van der Waals surface area contributed by atoms with Crippen LogP contribution in [0, 0.1) is 5.82 Å². The largest absolute Gasteiger partial charge is 0.417 e. The predicted octanol–water partition coefficient (Wildman–Crippen LogP) is 3.71. The zero-order chi connectivity index (χ0) is 17.7. The van der Waals surface area contributed by atoms with E-state index >= 15 is 0 Å². The minimum absolute atomic E-state index is 0.259. The lowest BCUT2D eigenvalue weighted by Crippen LogP contribution is -2.09. The van der Waals surface area contributed by atoms with Crippen LogP contribution in [0.25, 0.3) is 22.3 Å². The number of aromatic nitrogens is 3. The summed E-state index contributed by atoms with van der Waals surface area (Å²) in [5.74, 6) is -1.60. The van der Waals surface area contributed by atoms with E-state index in [4.69, 9.17) is 10.7 Å². The Bertz CT molecular complexity index is 1030. The third kappa shape index (κ3) is 2.82. The predicted molar refractivity (Wildman–Crippen MR) is 77.3 cm³/mol. The van der Waals surface area contributed by atoms with E-state index in [1.807, 2.05) is 0 Å². The molecule has 0 atom stereocenters. The number of halogens is 5. The quantitative estimate of drug-likeness (QED) is 0.544. The van der Waals surface area contributed by atoms with Gasteiger partial charge in [0.1, 0.15) is 10.8 Å². The molecule has 0 saturated carbocycles. The van der Waals surface area contributed by atoms with Crippen molar-refractivity contribution in [1.82, 2.24) is 15.0 Å². The van der Waals surface area contributed by atoms with E-state index in [2.05, 4.69) is 15.0 Å². The van der Waals surface area contributed by atoms with Gasteiger partial charge in [0.25, 0.3) is 9.05 Å². The van der Waals surface area contributed by atoms with Crippen LogP contribution in [0.4, 0.5) is 17.6 Å². The van der Waals surface area contributed by atoms with Crippen LogP contribution in [-0.4, -0.2) is 23.4 Å². The normalized spacial score (nSPS) is 12.7. The van der Waals surface area contributed by atoms with E-state index < -0.39 is 42.7 Å². The maximum Gasteiger partial charge on any atom is 0.417 e. The Balaban J connectivity index is 2.49. The number of fused-ring (bicyclic) bond motifs is 1. The van der Waals surface area contributed by atoms with Gasteiger partial charge in [0, 0.05) is 34.0 Å². The van der Waals surface area contributed by atoms with E-state index in [1.54, 1.807) is 0 Å². The van der Waals surface area contributed by atoms with Gasteiger partial charge in [-0.2, -0.15) is 13.2 Å². The van der Waals surface area contributed by atoms with Crippen LogP contribution in [0.3, 0.4) is 0 Å². The van der Waals surface area contributed by atoms with Crippen molar-refractivity contribution in [3.8, 4) is 11.4 Å². The van der Waals surface area contributed by atoms with Gasteiger partial charge in [-0.15, -0.1) is 0 Å². The molecule has 11 heteroatoms. The third-order valence-corrected chi connectivity index (χ3v) is 4.44. The van der Waals surface area contributed by atoms with Crippen molar-refractivity contribution in [2.45, 2.75) is 11.2 Å². The van der Waals surface area contributed by atoms with Gasteiger partial charge in [-0.3, -0.25) is 0 Å². The Labute approximate surface area is 136 Å². The van der Waals surface area contributed by atoms with E-state index in [0.717, 1.165) is 6.07 Å². The number of alkyl halides is 3. The molecule has 5 nitrogen and oxygen atoms in total. The SMILES string of the molecule is O=S(=O)(Cl)c1cc2c(-c3ncccn3)c(C(F)(F)F)cc(F)c2[nH]1. The van der Waals surface area contributed by atoms with Gasteiger partial charge in [0.15, 0.2) is 5.82 Å². The molecule has 2 heterocycles. The first-order valence-electron chi connectivity index (χ1n) is 6.23. The molecule has 0 aliphatic heterocycles. The van der Waals surface area contributed by atoms with Crippen LogP contribution in [0.1, 0.15) is 5.56 Å². The Morgan fingerprint density at radius 2 is 1.75 bits per heavy atom. The van der Waals surface area contributed by atoms with Gasteiger partial charge in [0.05, 0.1) is 11.1 Å². The summed E-state index contributed by atoms with van der Waals surface area (Å²) < 4.78 is 76.8. The molecule has 2 aromatic heterocycles. The third-order valence-electron chi connectivity index (χ3n) is 3.20. The standard InChI is InChI=1S/C13H6ClF4N3O2S/c14-24(22,23)9-4-6-10(12-19-2-1-3-20-12)7(13(16,17)18)5-8(15)11(6)21-9/h1-5,21H. The average molecular weight is 380 g/mol. The summed E-state index contributed by atoms with van der Waals surface area (Å²) in [7, 11) is 0.875. The lowest BCUT2D eigenvalue weighted by atomic mass is 10.0. The smallest absolute Gasteiger partial charge is 0.342 e. The highest BCUT2D eigenvalue weighted by molar-refractivity contribution is 8.13. The van der Waals surface area contributed by atoms with Crippen molar-refractivity contribution >= 4 is 30.6 Å². The molecule has 126 valence electrons. The monoisotopic (exact) mass is 379 g/mol. The minimum Gasteiger partial charge on any atom is -0.342 e. The fraction of sp³-hybridized carbons (Fsp3) is 0.0769. The fourth-order valence-electron chi connectivity index (χ4n) is 2.26. The lowest BCUT2D eigenvalue weighted by Gasteiger charge is -2.13. The van der Waals surface area contributed by atoms with Crippen molar-refractivity contribution in [2.75, 3.05) is 0 Å². The Kier molecular flexibility index (Phi) is 3.76. The maximum absolute atomic E-state index is 14.1. The number of aromatic amines is 1. The number of hydrogen-bond acceptors (Lipinski definition) is 4. The van der Waals surface area contributed by atoms with E-state index in [-0.39, 0.29) is 17.3 Å². The molecule has 0 aliphatic carbocycles. The first-order chi connectivity index (χ1) is 11.1. The number of nitrogens with zero attached hydrogens (tertiary/aromatic N) is 2. The molecule has 24 heavy (non-hydrogen) atoms. The van der Waals surface area contributed by atoms with Crippen LogP contribution < -0.4 is 0 Å². The van der Waals surface area contributed by atoms with Crippen molar-refractivity contribution < 1.29 is 26.0 Å². The highest BCUT2D eigenvalue weighted by Crippen LogP contribution is 2.41. The topological polar surface area (TPSA) is 75.7 Å². The molecule has 0 radical (unpaired) electrons. The summed E-state index contributed by atoms with van der Waals surface area (Å²) in [5, 5.41) is -0.970. The molecule has 3 rings (SSSR count). The van der Waals surface area contributed by atoms with Gasteiger partial charge in [-0.1, -0.05) is 0 Å². The van der Waals surface area contributed by atoms with Crippen molar-refractivity contribution in [3.05, 3.63) is 42.0 Å². The Morgan fingerprint density at radius 1 is 1.12 bits per heavy atom. The summed E-state index contributed by atoms with van der Waals surface area (Å²) >= 11 is 0. The minimum atomic E-state index is -4.90. The first kappa shape index (κ1) is 16.7. The fourth-order valence-corrected chi connectivity index (χ4v) is 2.99. The molecular formula is C13H6ClF4N3O2S. The number of H-pyrrole nitrogens is 1. The summed E-state index contributed by atoms with van der Waals surface area (Å²) in [6.07, 6.45) is -2.48. The molecule has 0 aliphatic rings. The van der Waals surface area contributed by atoms with Gasteiger partial charge < -0.3 is 4.98 Å². The summed E-state index contributed by atoms with van der Waals surface area (Å²) in [5.41, 5.74) is -2.30. The Hall–Kier alpha value is -2.20. The molecule has 0 unspecified atom stereocenters. The first-order valence-corrected chi connectivity index (χ1v) is 8.54. The molecule has 0 spiro atoms. The van der Waals surface area contributed by atoms with Crippen LogP contribution >= 0.6 is 10.7 Å². The van der Waals surface area contributed by atoms with Crippen LogP contribution in [0.15, 0.2) is 35.6 Å². The van der Waals surface area contributed by atoms with E-state index in [9.17, 15) is 26.0 Å². The van der Waals surface area contributed by atoms with Gasteiger partial charge in [0.2, 0.25) is 0 Å². The number of benzene rings is 1. The molecule has 0 saturated heterocycles. The second kappa shape index (κ2) is 5.42. The molecule has 1 aromatic carbocycles. The highest BCUT2D eigenvalue weighted by atomic mass is 35.7. The molecule has 0 fully saturated rings. The Morgan fingerprint density at radius 3 is 2.29 bits per heavy atom. The van der Waals surface area contributed by atoms with Gasteiger partial charge >= 0.3 is 6.18 Å². The van der Waals surface area contributed by atoms with Crippen molar-refractivity contribution in [3.63, 3.8) is 0 Å². The number of hydrogen-bond donors (Lipinski definition) is 1. The van der Waals surface area contributed by atoms with Crippen LogP contribution in [-0.2, 0) is 15.2 Å². The second-order valence-corrected chi connectivity index (χ2v) is 7.25. The molecule has 3 aromatic rings. The number of nitrogens with one attached hydrogen (secondary N) is 1. The molecule has 1 N–H and O–H groups in total. The van der Waals surface area contributed by atoms with Crippen LogP contribution in [0.2, 0.25) is 0 Å². The second-order valence-electron chi connectivity index (χ2n) is 4.71. The van der Waals surface area contributed by atoms with Gasteiger partial charge in [-0.25, -0.2) is 22.8 Å².